The smallest absolute Gasteiger partial charge is 0.418 e. The van der Waals surface area contributed by atoms with Gasteiger partial charge in [0, 0.05) is 11.8 Å². The van der Waals surface area contributed by atoms with Gasteiger partial charge in [0.25, 0.3) is 5.91 Å². The third-order valence-corrected chi connectivity index (χ3v) is 1.63. The number of amides is 2. The lowest BCUT2D eigenvalue weighted by atomic mass is 10.2. The van der Waals surface area contributed by atoms with Crippen molar-refractivity contribution in [3.8, 4) is 0 Å². The second-order valence-corrected chi connectivity index (χ2v) is 2.51. The number of benzene rings is 1. The summed E-state index contributed by atoms with van der Waals surface area (Å²) < 4.78 is 0. The molecule has 0 saturated carbocycles. The van der Waals surface area contributed by atoms with Crippen LogP contribution in [0.1, 0.15) is 10.4 Å². The SMILES string of the molecule is C=CN(C(=O)O)C(=O)c1ccccc1. The molecule has 2 amide bonds. The third-order valence-electron chi connectivity index (χ3n) is 1.63. The van der Waals surface area contributed by atoms with Crippen LogP contribution in [0.15, 0.2) is 43.1 Å². The van der Waals surface area contributed by atoms with E-state index in [0.717, 1.165) is 6.20 Å². The minimum absolute atomic E-state index is 0.315. The summed E-state index contributed by atoms with van der Waals surface area (Å²) in [5.41, 5.74) is 0.315. The van der Waals surface area contributed by atoms with Gasteiger partial charge in [-0.3, -0.25) is 4.79 Å². The van der Waals surface area contributed by atoms with Crippen molar-refractivity contribution in [2.45, 2.75) is 0 Å². The number of rotatable bonds is 2. The van der Waals surface area contributed by atoms with Gasteiger partial charge in [0.2, 0.25) is 0 Å². The number of carbonyl (C=O) groups excluding carboxylic acids is 1. The lowest BCUT2D eigenvalue weighted by Crippen LogP contribution is -2.30. The normalized spacial score (nSPS) is 9.14. The van der Waals surface area contributed by atoms with E-state index in [0.29, 0.717) is 10.5 Å². The molecule has 0 saturated heterocycles. The van der Waals surface area contributed by atoms with Crippen molar-refractivity contribution in [3.05, 3.63) is 48.7 Å². The highest BCUT2D eigenvalue weighted by molar-refractivity contribution is 6.03. The summed E-state index contributed by atoms with van der Waals surface area (Å²) >= 11 is 0. The third kappa shape index (κ3) is 1.98. The van der Waals surface area contributed by atoms with Crippen molar-refractivity contribution >= 4 is 12.0 Å². The van der Waals surface area contributed by atoms with Crippen LogP contribution in [0.5, 0.6) is 0 Å². The molecule has 0 atom stereocenters. The molecule has 4 heteroatoms. The van der Waals surface area contributed by atoms with Gasteiger partial charge in [-0.25, -0.2) is 9.69 Å². The zero-order valence-corrected chi connectivity index (χ0v) is 7.38. The first kappa shape index (κ1) is 9.98. The van der Waals surface area contributed by atoms with E-state index in [-0.39, 0.29) is 0 Å². The molecular weight excluding hydrogens is 182 g/mol. The summed E-state index contributed by atoms with van der Waals surface area (Å²) in [5, 5.41) is 8.64. The van der Waals surface area contributed by atoms with Gasteiger partial charge < -0.3 is 5.11 Å². The second-order valence-electron chi connectivity index (χ2n) is 2.51. The monoisotopic (exact) mass is 191 g/mol. The maximum absolute atomic E-state index is 11.5. The molecule has 1 aromatic carbocycles. The molecule has 14 heavy (non-hydrogen) atoms. The summed E-state index contributed by atoms with van der Waals surface area (Å²) in [6.07, 6.45) is -0.369. The summed E-state index contributed by atoms with van der Waals surface area (Å²) in [4.78, 5) is 22.6. The quantitative estimate of drug-likeness (QED) is 0.777. The minimum Gasteiger partial charge on any atom is -0.464 e. The molecule has 0 unspecified atom stereocenters. The average molecular weight is 191 g/mol. The second kappa shape index (κ2) is 4.23. The maximum Gasteiger partial charge on any atom is 0.418 e. The van der Waals surface area contributed by atoms with Crippen LogP contribution in [0.3, 0.4) is 0 Å². The van der Waals surface area contributed by atoms with Crippen molar-refractivity contribution in [1.29, 1.82) is 0 Å². The number of carboxylic acid groups (broad SMARTS) is 1. The maximum atomic E-state index is 11.5. The molecule has 1 rings (SSSR count). The Hall–Kier alpha value is -2.10. The summed E-state index contributed by atoms with van der Waals surface area (Å²) in [5.74, 6) is -0.604. The topological polar surface area (TPSA) is 57.6 Å². The zero-order chi connectivity index (χ0) is 10.6. The van der Waals surface area contributed by atoms with Crippen molar-refractivity contribution in [3.63, 3.8) is 0 Å². The van der Waals surface area contributed by atoms with E-state index in [1.807, 2.05) is 0 Å². The standard InChI is InChI=1S/C10H9NO3/c1-2-11(10(13)14)9(12)8-6-4-3-5-7-8/h2-7H,1H2,(H,13,14). The van der Waals surface area contributed by atoms with Gasteiger partial charge >= 0.3 is 6.09 Å². The Bertz CT molecular complexity index is 359. The number of carbonyl (C=O) groups is 2. The Morgan fingerprint density at radius 1 is 1.29 bits per heavy atom. The minimum atomic E-state index is -1.34. The first-order valence-corrected chi connectivity index (χ1v) is 3.91. The molecule has 0 aliphatic rings. The zero-order valence-electron chi connectivity index (χ0n) is 7.38. The van der Waals surface area contributed by atoms with Gasteiger partial charge in [-0.05, 0) is 12.1 Å². The molecule has 0 radical (unpaired) electrons. The molecule has 0 aliphatic carbocycles. The summed E-state index contributed by atoms with van der Waals surface area (Å²) in [6.45, 7) is 3.25. The van der Waals surface area contributed by atoms with E-state index in [1.54, 1.807) is 30.3 Å². The molecular formula is C10H9NO3. The highest BCUT2D eigenvalue weighted by Gasteiger charge is 2.18. The van der Waals surface area contributed by atoms with Crippen LogP contribution in [0.2, 0.25) is 0 Å². The van der Waals surface area contributed by atoms with Crippen molar-refractivity contribution in [2.24, 2.45) is 0 Å². The van der Waals surface area contributed by atoms with Crippen molar-refractivity contribution < 1.29 is 14.7 Å². The molecule has 72 valence electrons. The van der Waals surface area contributed by atoms with Gasteiger partial charge in [-0.2, -0.15) is 0 Å². The van der Waals surface area contributed by atoms with Crippen LogP contribution in [0.4, 0.5) is 4.79 Å². The fourth-order valence-electron chi connectivity index (χ4n) is 0.968. The molecule has 0 spiro atoms. The van der Waals surface area contributed by atoms with Crippen LogP contribution < -0.4 is 0 Å². The lowest BCUT2D eigenvalue weighted by molar-refractivity contribution is 0.0810. The van der Waals surface area contributed by atoms with E-state index in [9.17, 15) is 9.59 Å². The number of nitrogens with zero attached hydrogens (tertiary/aromatic N) is 1. The molecule has 1 aromatic rings. The average Bonchev–Trinajstić information content (AvgIpc) is 2.19. The Morgan fingerprint density at radius 2 is 1.86 bits per heavy atom. The first-order valence-electron chi connectivity index (χ1n) is 3.91. The van der Waals surface area contributed by atoms with Crippen LogP contribution >= 0.6 is 0 Å². The number of imide groups is 1. The van der Waals surface area contributed by atoms with Gasteiger partial charge in [0.15, 0.2) is 0 Å². The molecule has 0 aliphatic heterocycles. The number of hydrogen-bond acceptors (Lipinski definition) is 2. The fourth-order valence-corrected chi connectivity index (χ4v) is 0.968. The van der Waals surface area contributed by atoms with E-state index in [4.69, 9.17) is 5.11 Å². The van der Waals surface area contributed by atoms with Gasteiger partial charge in [0.1, 0.15) is 0 Å². The number of hydrogen-bond donors (Lipinski definition) is 1. The van der Waals surface area contributed by atoms with Crippen LogP contribution in [0.25, 0.3) is 0 Å². The van der Waals surface area contributed by atoms with Crippen LogP contribution in [0, 0.1) is 0 Å². The molecule has 0 bridgehead atoms. The summed E-state index contributed by atoms with van der Waals surface area (Å²) in [7, 11) is 0. The molecule has 0 heterocycles. The molecule has 4 nitrogen and oxygen atoms in total. The van der Waals surface area contributed by atoms with Crippen LogP contribution in [-0.4, -0.2) is 22.0 Å². The Labute approximate surface area is 81.1 Å². The van der Waals surface area contributed by atoms with Gasteiger partial charge in [-0.15, -0.1) is 0 Å². The lowest BCUT2D eigenvalue weighted by Gasteiger charge is -2.11. The predicted octanol–water partition coefficient (Wildman–Crippen LogP) is 1.95. The Balaban J connectivity index is 2.95. The van der Waals surface area contributed by atoms with Crippen LogP contribution in [-0.2, 0) is 0 Å². The van der Waals surface area contributed by atoms with E-state index in [1.165, 1.54) is 0 Å². The molecule has 1 N–H and O–H groups in total. The molecule has 0 aromatic heterocycles. The first-order chi connectivity index (χ1) is 6.66. The molecule has 0 fully saturated rings. The largest absolute Gasteiger partial charge is 0.464 e. The van der Waals surface area contributed by atoms with Crippen molar-refractivity contribution in [2.75, 3.05) is 0 Å². The van der Waals surface area contributed by atoms with E-state index < -0.39 is 12.0 Å². The Morgan fingerprint density at radius 3 is 2.29 bits per heavy atom. The van der Waals surface area contributed by atoms with Gasteiger partial charge in [-0.1, -0.05) is 24.8 Å². The van der Waals surface area contributed by atoms with Gasteiger partial charge in [0.05, 0.1) is 0 Å². The Kier molecular flexibility index (Phi) is 3.01. The highest BCUT2D eigenvalue weighted by Crippen LogP contribution is 2.04. The fraction of sp³-hybridized carbons (Fsp3) is 0. The van der Waals surface area contributed by atoms with Crippen molar-refractivity contribution in [1.82, 2.24) is 4.90 Å². The van der Waals surface area contributed by atoms with E-state index >= 15 is 0 Å². The highest BCUT2D eigenvalue weighted by atomic mass is 16.4. The predicted molar refractivity (Wildman–Crippen MR) is 50.8 cm³/mol. The summed E-state index contributed by atoms with van der Waals surface area (Å²) in [6, 6.07) is 8.16. The van der Waals surface area contributed by atoms with E-state index in [2.05, 4.69) is 6.58 Å².